The van der Waals surface area contributed by atoms with Crippen LogP contribution in [0.3, 0.4) is 0 Å². The van der Waals surface area contributed by atoms with E-state index in [0.29, 0.717) is 27.1 Å². The summed E-state index contributed by atoms with van der Waals surface area (Å²) < 4.78 is 36.3. The lowest BCUT2D eigenvalue weighted by molar-refractivity contribution is -0.119. The monoisotopic (exact) mass is 529 g/mol. The molecule has 3 rings (SSSR count). The Bertz CT molecular complexity index is 1310. The van der Waals surface area contributed by atoms with Gasteiger partial charge in [0, 0.05) is 15.6 Å². The van der Waals surface area contributed by atoms with Crippen molar-refractivity contribution in [1.82, 2.24) is 5.43 Å². The number of methoxy groups -OCH3 is 1. The fourth-order valence-corrected chi connectivity index (χ4v) is 4.35. The van der Waals surface area contributed by atoms with E-state index >= 15 is 0 Å². The number of ether oxygens (including phenoxy) is 1. The van der Waals surface area contributed by atoms with Gasteiger partial charge in [0.15, 0.2) is 0 Å². The third kappa shape index (κ3) is 6.42. The van der Waals surface area contributed by atoms with Gasteiger partial charge in [0.1, 0.15) is 23.8 Å². The topological polar surface area (TPSA) is 101 Å². The molecular weight excluding hydrogens is 513 g/mol. The highest BCUT2D eigenvalue weighted by atomic mass is 35.5. The number of hydrazone groups is 1. The van der Waals surface area contributed by atoms with Gasteiger partial charge in [0.2, 0.25) is 10.0 Å². The smallest absolute Gasteiger partial charge is 0.260 e. The Morgan fingerprint density at radius 2 is 1.82 bits per heavy atom. The molecule has 0 aliphatic rings. The first-order valence-electron chi connectivity index (χ1n) is 9.27. The molecule has 0 saturated carbocycles. The molecule has 1 aromatic heterocycles. The number of anilines is 1. The van der Waals surface area contributed by atoms with E-state index in [9.17, 15) is 13.2 Å². The first kappa shape index (κ1) is 24.9. The molecule has 0 spiro atoms. The Morgan fingerprint density at radius 3 is 2.48 bits per heavy atom. The number of carbonyl (C=O) groups excluding carboxylic acids is 1. The lowest BCUT2D eigenvalue weighted by Gasteiger charge is -2.23. The summed E-state index contributed by atoms with van der Waals surface area (Å²) in [6, 6.07) is 12.8. The van der Waals surface area contributed by atoms with Gasteiger partial charge in [-0.25, -0.2) is 13.8 Å². The molecule has 2 aromatic carbocycles. The average molecular weight is 531 g/mol. The van der Waals surface area contributed by atoms with Crippen LogP contribution in [-0.2, 0) is 14.8 Å². The van der Waals surface area contributed by atoms with Crippen LogP contribution in [0.1, 0.15) is 5.76 Å². The van der Waals surface area contributed by atoms with E-state index < -0.39 is 22.5 Å². The van der Waals surface area contributed by atoms with Crippen molar-refractivity contribution in [3.05, 3.63) is 69.4 Å². The highest BCUT2D eigenvalue weighted by Gasteiger charge is 2.24. The lowest BCUT2D eigenvalue weighted by Crippen LogP contribution is -2.39. The molecule has 0 aliphatic carbocycles. The molecule has 0 bridgehead atoms. The summed E-state index contributed by atoms with van der Waals surface area (Å²) in [5.41, 5.74) is 3.04. The van der Waals surface area contributed by atoms with Crippen LogP contribution in [-0.4, -0.2) is 40.4 Å². The van der Waals surface area contributed by atoms with Crippen LogP contribution >= 0.6 is 34.8 Å². The van der Waals surface area contributed by atoms with Crippen molar-refractivity contribution in [3.8, 4) is 17.1 Å². The third-order valence-corrected chi connectivity index (χ3v) is 6.21. The summed E-state index contributed by atoms with van der Waals surface area (Å²) in [6.45, 7) is -0.545. The maximum Gasteiger partial charge on any atom is 0.260 e. The van der Waals surface area contributed by atoms with Crippen molar-refractivity contribution in [2.75, 3.05) is 24.2 Å². The quantitative estimate of drug-likeness (QED) is 0.332. The minimum atomic E-state index is -3.83. The average Bonchev–Trinajstić information content (AvgIpc) is 3.19. The summed E-state index contributed by atoms with van der Waals surface area (Å²) in [5, 5.41) is 5.03. The zero-order valence-corrected chi connectivity index (χ0v) is 20.5. The minimum Gasteiger partial charge on any atom is -0.495 e. The third-order valence-electron chi connectivity index (χ3n) is 4.30. The normalized spacial score (nSPS) is 11.5. The number of benzene rings is 2. The van der Waals surface area contributed by atoms with Crippen molar-refractivity contribution in [2.45, 2.75) is 0 Å². The predicted octanol–water partition coefficient (Wildman–Crippen LogP) is 4.83. The molecule has 174 valence electrons. The zero-order chi connectivity index (χ0) is 24.2. The van der Waals surface area contributed by atoms with E-state index in [1.807, 2.05) is 0 Å². The van der Waals surface area contributed by atoms with E-state index in [4.69, 9.17) is 44.0 Å². The second-order valence-corrected chi connectivity index (χ2v) is 9.89. The second kappa shape index (κ2) is 10.5. The molecule has 12 heteroatoms. The zero-order valence-electron chi connectivity index (χ0n) is 17.4. The molecule has 33 heavy (non-hydrogen) atoms. The van der Waals surface area contributed by atoms with Crippen LogP contribution in [0.4, 0.5) is 5.69 Å². The molecule has 0 atom stereocenters. The Labute approximate surface area is 205 Å². The molecule has 0 aliphatic heterocycles. The van der Waals surface area contributed by atoms with Crippen molar-refractivity contribution in [1.29, 1.82) is 0 Å². The number of nitrogens with one attached hydrogen (secondary N) is 1. The number of furan rings is 1. The Kier molecular flexibility index (Phi) is 7.91. The highest BCUT2D eigenvalue weighted by molar-refractivity contribution is 7.92. The number of hydrogen-bond donors (Lipinski definition) is 1. The van der Waals surface area contributed by atoms with Crippen LogP contribution < -0.4 is 14.5 Å². The first-order valence-corrected chi connectivity index (χ1v) is 12.2. The number of sulfonamides is 1. The fourth-order valence-electron chi connectivity index (χ4n) is 2.83. The van der Waals surface area contributed by atoms with Gasteiger partial charge >= 0.3 is 0 Å². The summed E-state index contributed by atoms with van der Waals surface area (Å²) in [5.74, 6) is 0.380. The highest BCUT2D eigenvalue weighted by Crippen LogP contribution is 2.33. The molecule has 1 N–H and O–H groups in total. The maximum absolute atomic E-state index is 12.4. The number of halogens is 3. The summed E-state index contributed by atoms with van der Waals surface area (Å²) in [6.07, 6.45) is 2.24. The molecular formula is C21H18Cl3N3O5S. The van der Waals surface area contributed by atoms with Gasteiger partial charge in [-0.15, -0.1) is 0 Å². The van der Waals surface area contributed by atoms with Crippen LogP contribution in [0.15, 0.2) is 58.0 Å². The van der Waals surface area contributed by atoms with Gasteiger partial charge in [0.25, 0.3) is 5.91 Å². The van der Waals surface area contributed by atoms with E-state index in [1.54, 1.807) is 36.4 Å². The molecule has 8 nitrogen and oxygen atoms in total. The number of nitrogens with zero attached hydrogens (tertiary/aromatic N) is 2. The van der Waals surface area contributed by atoms with Gasteiger partial charge in [0.05, 0.1) is 30.3 Å². The van der Waals surface area contributed by atoms with Crippen LogP contribution in [0.5, 0.6) is 5.75 Å². The molecule has 0 fully saturated rings. The first-order chi connectivity index (χ1) is 15.6. The lowest BCUT2D eigenvalue weighted by atomic mass is 10.2. The molecule has 3 aromatic rings. The predicted molar refractivity (Wildman–Crippen MR) is 130 cm³/mol. The van der Waals surface area contributed by atoms with Crippen molar-refractivity contribution in [3.63, 3.8) is 0 Å². The van der Waals surface area contributed by atoms with Crippen LogP contribution in [0.2, 0.25) is 15.1 Å². The second-order valence-electron chi connectivity index (χ2n) is 6.71. The largest absolute Gasteiger partial charge is 0.495 e. The van der Waals surface area contributed by atoms with Crippen LogP contribution in [0, 0.1) is 0 Å². The fraction of sp³-hybridized carbons (Fsp3) is 0.143. The van der Waals surface area contributed by atoms with Crippen molar-refractivity contribution in [2.24, 2.45) is 5.10 Å². The van der Waals surface area contributed by atoms with Gasteiger partial charge in [-0.2, -0.15) is 5.10 Å². The molecule has 1 heterocycles. The number of rotatable bonds is 8. The van der Waals surface area contributed by atoms with Crippen molar-refractivity contribution < 1.29 is 22.4 Å². The molecule has 0 unspecified atom stereocenters. The maximum atomic E-state index is 12.4. The van der Waals surface area contributed by atoms with E-state index in [0.717, 1.165) is 10.6 Å². The summed E-state index contributed by atoms with van der Waals surface area (Å²) in [4.78, 5) is 12.4. The van der Waals surface area contributed by atoms with Gasteiger partial charge in [-0.1, -0.05) is 34.8 Å². The Morgan fingerprint density at radius 1 is 1.12 bits per heavy atom. The molecule has 0 radical (unpaired) electrons. The summed E-state index contributed by atoms with van der Waals surface area (Å²) >= 11 is 18.1. The number of amides is 1. The van der Waals surface area contributed by atoms with E-state index in [1.165, 1.54) is 25.5 Å². The Balaban J connectivity index is 1.71. The number of carbonyl (C=O) groups is 1. The van der Waals surface area contributed by atoms with Crippen molar-refractivity contribution >= 4 is 62.6 Å². The van der Waals surface area contributed by atoms with Gasteiger partial charge < -0.3 is 9.15 Å². The minimum absolute atomic E-state index is 0.127. The Hall–Kier alpha value is -2.72. The molecule has 0 saturated heterocycles. The van der Waals surface area contributed by atoms with E-state index in [-0.39, 0.29) is 16.5 Å². The summed E-state index contributed by atoms with van der Waals surface area (Å²) in [7, 11) is -2.45. The standard InChI is InChI=1S/C21H18Cl3N3O5S/c1-31-20-7-4-14(23)10-18(20)27(33(2,29)30)12-21(28)26-25-11-15-5-8-19(32-15)16-6-3-13(22)9-17(16)24/h3-11H,12H2,1-2H3,(H,26,28)/b25-11-. The van der Waals surface area contributed by atoms with Gasteiger partial charge in [-0.3, -0.25) is 9.10 Å². The van der Waals surface area contributed by atoms with E-state index in [2.05, 4.69) is 10.5 Å². The van der Waals surface area contributed by atoms with Crippen LogP contribution in [0.25, 0.3) is 11.3 Å². The van der Waals surface area contributed by atoms with Gasteiger partial charge in [-0.05, 0) is 48.5 Å². The SMILES string of the molecule is COc1ccc(Cl)cc1N(CC(=O)N/N=C\c1ccc(-c2ccc(Cl)cc2Cl)o1)S(C)(=O)=O. The molecule has 1 amide bonds. The number of hydrogen-bond acceptors (Lipinski definition) is 6.